The first-order valence-corrected chi connectivity index (χ1v) is 7.80. The second kappa shape index (κ2) is 8.26. The monoisotopic (exact) mass is 428 g/mol. The van der Waals surface area contributed by atoms with E-state index in [4.69, 9.17) is 4.74 Å². The molecule has 0 spiro atoms. The first-order valence-electron chi connectivity index (χ1n) is 7.80. The number of hydrogen-bond acceptors (Lipinski definition) is 3. The Bertz CT molecular complexity index is 819. The molecule has 0 aliphatic rings. The highest BCUT2D eigenvalue weighted by atomic mass is 19.4. The fraction of sp³-hybridized carbons (Fsp3) is 0.278. The van der Waals surface area contributed by atoms with E-state index >= 15 is 0 Å². The van der Waals surface area contributed by atoms with Gasteiger partial charge in [-0.25, -0.2) is 4.79 Å². The summed E-state index contributed by atoms with van der Waals surface area (Å²) in [4.78, 5) is 11.6. The van der Waals surface area contributed by atoms with Crippen LogP contribution in [0.5, 0.6) is 5.75 Å². The van der Waals surface area contributed by atoms with E-state index in [0.29, 0.717) is 0 Å². The van der Waals surface area contributed by atoms with Crippen LogP contribution in [-0.4, -0.2) is 30.3 Å². The average molecular weight is 428 g/mol. The third-order valence-corrected chi connectivity index (χ3v) is 3.61. The molecule has 0 aliphatic heterocycles. The molecule has 1 unspecified atom stereocenters. The molecule has 0 aliphatic carbocycles. The van der Waals surface area contributed by atoms with Gasteiger partial charge in [-0.2, -0.15) is 35.1 Å². The summed E-state index contributed by atoms with van der Waals surface area (Å²) < 4.78 is 110. The number of hydrogen-bond donors (Lipinski definition) is 0. The fourth-order valence-electron chi connectivity index (χ4n) is 2.00. The van der Waals surface area contributed by atoms with E-state index in [9.17, 15) is 39.9 Å². The van der Waals surface area contributed by atoms with Gasteiger partial charge in [-0.15, -0.1) is 0 Å². The van der Waals surface area contributed by atoms with Crippen molar-refractivity contribution in [3.8, 4) is 5.75 Å². The summed E-state index contributed by atoms with van der Waals surface area (Å²) in [5.41, 5.74) is 0.245. The largest absolute Gasteiger partial charge is 0.489 e. The second-order valence-corrected chi connectivity index (χ2v) is 5.72. The summed E-state index contributed by atoms with van der Waals surface area (Å²) >= 11 is 0. The molecule has 0 saturated heterocycles. The van der Waals surface area contributed by atoms with E-state index in [2.05, 4.69) is 4.74 Å². The third-order valence-electron chi connectivity index (χ3n) is 3.61. The molecule has 2 aromatic rings. The van der Waals surface area contributed by atoms with Crippen LogP contribution in [0.1, 0.15) is 15.9 Å². The third kappa shape index (κ3) is 4.96. The van der Waals surface area contributed by atoms with Gasteiger partial charge in [-0.3, -0.25) is 0 Å². The van der Waals surface area contributed by atoms with Crippen LogP contribution in [0.3, 0.4) is 0 Å². The smallest absolute Gasteiger partial charge is 0.460 e. The highest BCUT2D eigenvalue weighted by Crippen LogP contribution is 2.49. The zero-order chi connectivity index (χ0) is 21.9. The predicted octanol–water partition coefficient (Wildman–Crippen LogP) is 5.55. The Morgan fingerprint density at radius 1 is 0.862 bits per heavy atom. The summed E-state index contributed by atoms with van der Waals surface area (Å²) in [5.74, 6) is -14.7. The van der Waals surface area contributed by atoms with E-state index in [0.717, 1.165) is 17.7 Å². The van der Waals surface area contributed by atoms with Gasteiger partial charge in [0.05, 0.1) is 5.56 Å². The lowest BCUT2D eigenvalue weighted by Gasteiger charge is -2.29. The van der Waals surface area contributed by atoms with Gasteiger partial charge in [-0.1, -0.05) is 30.3 Å². The predicted molar refractivity (Wildman–Crippen MR) is 83.5 cm³/mol. The Kier molecular flexibility index (Phi) is 6.39. The average Bonchev–Trinajstić information content (AvgIpc) is 2.66. The van der Waals surface area contributed by atoms with E-state index < -0.39 is 35.9 Å². The Balaban J connectivity index is 2.01. The minimum atomic E-state index is -6.75. The van der Waals surface area contributed by atoms with Crippen LogP contribution in [0.2, 0.25) is 0 Å². The number of halogens is 8. The molecule has 158 valence electrons. The van der Waals surface area contributed by atoms with Crippen LogP contribution >= 0.6 is 0 Å². The van der Waals surface area contributed by atoms with E-state index in [1.807, 2.05) is 0 Å². The van der Waals surface area contributed by atoms with Crippen molar-refractivity contribution < 1.29 is 49.4 Å². The fourth-order valence-corrected chi connectivity index (χ4v) is 2.00. The molecule has 0 radical (unpaired) electrons. The molecule has 3 nitrogen and oxygen atoms in total. The summed E-state index contributed by atoms with van der Waals surface area (Å²) in [5, 5.41) is 0. The summed E-state index contributed by atoms with van der Waals surface area (Å²) in [6, 6.07) is 13.1. The van der Waals surface area contributed by atoms with Crippen LogP contribution in [-0.2, 0) is 11.3 Å². The Morgan fingerprint density at radius 2 is 1.41 bits per heavy atom. The first-order chi connectivity index (χ1) is 13.4. The number of esters is 1. The van der Waals surface area contributed by atoms with E-state index in [-0.39, 0.29) is 12.4 Å². The van der Waals surface area contributed by atoms with Gasteiger partial charge in [0.25, 0.3) is 0 Å². The standard InChI is InChI=1S/C18H12F8O3/c19-15(16(20,21)17(22,23)18(24,25)26)29-14(27)12-6-8-13(9-7-12)28-10-11-4-2-1-3-5-11/h1-9,15H,10H2. The molecule has 0 N–H and O–H groups in total. The molecular formula is C18H12F8O3. The molecule has 0 amide bonds. The van der Waals surface area contributed by atoms with Crippen molar-refractivity contribution >= 4 is 5.97 Å². The molecule has 2 rings (SSSR count). The maximum Gasteiger partial charge on any atom is 0.460 e. The molecule has 0 bridgehead atoms. The van der Waals surface area contributed by atoms with Gasteiger partial charge in [-0.05, 0) is 29.8 Å². The number of carbonyl (C=O) groups excluding carboxylic acids is 1. The maximum absolute atomic E-state index is 13.3. The van der Waals surface area contributed by atoms with Gasteiger partial charge in [0, 0.05) is 0 Å². The highest BCUT2D eigenvalue weighted by molar-refractivity contribution is 5.89. The molecular weight excluding hydrogens is 416 g/mol. The number of rotatable bonds is 7. The lowest BCUT2D eigenvalue weighted by atomic mass is 10.1. The van der Waals surface area contributed by atoms with Crippen LogP contribution in [0, 0.1) is 0 Å². The van der Waals surface area contributed by atoms with Crippen molar-refractivity contribution in [1.29, 1.82) is 0 Å². The van der Waals surface area contributed by atoms with Crippen LogP contribution < -0.4 is 4.74 Å². The Labute approximate surface area is 158 Å². The molecule has 0 saturated carbocycles. The molecule has 0 fully saturated rings. The topological polar surface area (TPSA) is 35.5 Å². The zero-order valence-electron chi connectivity index (χ0n) is 14.2. The van der Waals surface area contributed by atoms with Crippen molar-refractivity contribution in [2.75, 3.05) is 0 Å². The number of ether oxygens (including phenoxy) is 2. The van der Waals surface area contributed by atoms with Crippen molar-refractivity contribution in [3.05, 3.63) is 65.7 Å². The Morgan fingerprint density at radius 3 is 1.93 bits per heavy atom. The SMILES string of the molecule is O=C(OC(F)C(F)(F)C(F)(F)C(F)(F)F)c1ccc(OCc2ccccc2)cc1. The van der Waals surface area contributed by atoms with Crippen LogP contribution in [0.15, 0.2) is 54.6 Å². The van der Waals surface area contributed by atoms with Gasteiger partial charge < -0.3 is 9.47 Å². The molecule has 0 aromatic heterocycles. The lowest BCUT2D eigenvalue weighted by molar-refractivity contribution is -0.381. The lowest BCUT2D eigenvalue weighted by Crippen LogP contribution is -2.57. The van der Waals surface area contributed by atoms with Gasteiger partial charge in [0.15, 0.2) is 0 Å². The summed E-state index contributed by atoms with van der Waals surface area (Å²) in [7, 11) is 0. The normalized spacial score (nSPS) is 13.7. The molecule has 1 atom stereocenters. The summed E-state index contributed by atoms with van der Waals surface area (Å²) in [6.07, 6.45) is -11.3. The highest BCUT2D eigenvalue weighted by Gasteiger charge is 2.77. The second-order valence-electron chi connectivity index (χ2n) is 5.72. The minimum Gasteiger partial charge on any atom is -0.489 e. The van der Waals surface area contributed by atoms with Crippen LogP contribution in [0.4, 0.5) is 35.1 Å². The maximum atomic E-state index is 13.3. The van der Waals surface area contributed by atoms with E-state index in [1.54, 1.807) is 30.3 Å². The minimum absolute atomic E-state index is 0.149. The van der Waals surface area contributed by atoms with Gasteiger partial charge in [0.2, 0.25) is 0 Å². The number of carbonyl (C=O) groups is 1. The van der Waals surface area contributed by atoms with Gasteiger partial charge in [0.1, 0.15) is 12.4 Å². The number of benzene rings is 2. The molecule has 11 heteroatoms. The van der Waals surface area contributed by atoms with Crippen molar-refractivity contribution in [2.45, 2.75) is 31.0 Å². The van der Waals surface area contributed by atoms with Crippen molar-refractivity contribution in [1.82, 2.24) is 0 Å². The first kappa shape index (κ1) is 22.4. The summed E-state index contributed by atoms with van der Waals surface area (Å²) in [6.45, 7) is 0.149. The Hall–Kier alpha value is -2.85. The van der Waals surface area contributed by atoms with Crippen LogP contribution in [0.25, 0.3) is 0 Å². The number of alkyl halides is 8. The quantitative estimate of drug-likeness (QED) is 0.429. The zero-order valence-corrected chi connectivity index (χ0v) is 14.2. The van der Waals surface area contributed by atoms with Gasteiger partial charge >= 0.3 is 30.3 Å². The molecule has 29 heavy (non-hydrogen) atoms. The van der Waals surface area contributed by atoms with Crippen molar-refractivity contribution in [2.24, 2.45) is 0 Å². The molecule has 2 aromatic carbocycles. The molecule has 0 heterocycles. The van der Waals surface area contributed by atoms with E-state index in [1.165, 1.54) is 12.1 Å². The van der Waals surface area contributed by atoms with Crippen molar-refractivity contribution in [3.63, 3.8) is 0 Å².